The number of rotatable bonds is 7. The summed E-state index contributed by atoms with van der Waals surface area (Å²) in [6.07, 6.45) is 4.26. The highest BCUT2D eigenvalue weighted by Gasteiger charge is 2.00. The number of hydrogen-bond donors (Lipinski definition) is 2. The third kappa shape index (κ3) is 4.28. The lowest BCUT2D eigenvalue weighted by Crippen LogP contribution is -2.17. The zero-order valence-electron chi connectivity index (χ0n) is 11.6. The van der Waals surface area contributed by atoms with Gasteiger partial charge in [-0.2, -0.15) is 0 Å². The average Bonchev–Trinajstić information content (AvgIpc) is 2.47. The van der Waals surface area contributed by atoms with Crippen LogP contribution in [0.1, 0.15) is 18.1 Å². The fourth-order valence-corrected chi connectivity index (χ4v) is 1.85. The van der Waals surface area contributed by atoms with Crippen molar-refractivity contribution in [2.45, 2.75) is 19.9 Å². The standard InChI is InChI=1S/C15H19FN4/c1-2-18-15-19-10-12(11-20-15)9-17-8-7-13-5-3-4-6-14(13)16/h3-6,10-11,17H,2,7-9H2,1H3,(H,18,19,20). The summed E-state index contributed by atoms with van der Waals surface area (Å²) >= 11 is 0. The first-order valence-electron chi connectivity index (χ1n) is 6.78. The van der Waals surface area contributed by atoms with Crippen molar-refractivity contribution < 1.29 is 4.39 Å². The minimum Gasteiger partial charge on any atom is -0.355 e. The molecule has 0 saturated carbocycles. The fourth-order valence-electron chi connectivity index (χ4n) is 1.85. The Bertz CT molecular complexity index is 528. The molecule has 0 spiro atoms. The number of nitrogens with zero attached hydrogens (tertiary/aromatic N) is 2. The number of anilines is 1. The molecule has 0 amide bonds. The molecule has 2 N–H and O–H groups in total. The van der Waals surface area contributed by atoms with Gasteiger partial charge in [-0.1, -0.05) is 18.2 Å². The molecule has 0 aliphatic carbocycles. The zero-order valence-corrected chi connectivity index (χ0v) is 11.6. The van der Waals surface area contributed by atoms with Crippen molar-refractivity contribution in [3.63, 3.8) is 0 Å². The fraction of sp³-hybridized carbons (Fsp3) is 0.333. The first-order chi connectivity index (χ1) is 9.79. The molecule has 0 bridgehead atoms. The summed E-state index contributed by atoms with van der Waals surface area (Å²) in [4.78, 5) is 8.39. The van der Waals surface area contributed by atoms with Crippen molar-refractivity contribution >= 4 is 5.95 Å². The Balaban J connectivity index is 1.74. The third-order valence-corrected chi connectivity index (χ3v) is 2.90. The van der Waals surface area contributed by atoms with Gasteiger partial charge in [-0.3, -0.25) is 0 Å². The van der Waals surface area contributed by atoms with Crippen molar-refractivity contribution in [3.8, 4) is 0 Å². The number of hydrogen-bond acceptors (Lipinski definition) is 4. The molecule has 0 radical (unpaired) electrons. The summed E-state index contributed by atoms with van der Waals surface area (Å²) in [6.45, 7) is 4.21. The van der Waals surface area contributed by atoms with Crippen LogP contribution in [0.5, 0.6) is 0 Å². The molecule has 2 rings (SSSR count). The van der Waals surface area contributed by atoms with Gasteiger partial charge in [0, 0.05) is 31.0 Å². The van der Waals surface area contributed by atoms with Crippen molar-refractivity contribution in [2.24, 2.45) is 0 Å². The normalized spacial score (nSPS) is 10.5. The lowest BCUT2D eigenvalue weighted by atomic mass is 10.1. The van der Waals surface area contributed by atoms with Gasteiger partial charge in [0.15, 0.2) is 0 Å². The second kappa shape index (κ2) is 7.55. The Labute approximate surface area is 118 Å². The van der Waals surface area contributed by atoms with Crippen molar-refractivity contribution in [2.75, 3.05) is 18.4 Å². The molecular weight excluding hydrogens is 255 g/mol. The summed E-state index contributed by atoms with van der Waals surface area (Å²) in [5.41, 5.74) is 1.75. The minimum atomic E-state index is -0.146. The highest BCUT2D eigenvalue weighted by Crippen LogP contribution is 2.06. The van der Waals surface area contributed by atoms with E-state index in [4.69, 9.17) is 0 Å². The second-order valence-electron chi connectivity index (χ2n) is 4.46. The van der Waals surface area contributed by atoms with Gasteiger partial charge in [-0.25, -0.2) is 14.4 Å². The second-order valence-corrected chi connectivity index (χ2v) is 4.46. The predicted molar refractivity (Wildman–Crippen MR) is 78.0 cm³/mol. The van der Waals surface area contributed by atoms with E-state index < -0.39 is 0 Å². The van der Waals surface area contributed by atoms with Gasteiger partial charge in [0.2, 0.25) is 5.95 Å². The molecule has 1 heterocycles. The van der Waals surface area contributed by atoms with E-state index in [1.54, 1.807) is 18.5 Å². The van der Waals surface area contributed by atoms with E-state index in [1.165, 1.54) is 6.07 Å². The molecule has 0 fully saturated rings. The molecule has 4 nitrogen and oxygen atoms in total. The van der Waals surface area contributed by atoms with Crippen LogP contribution in [-0.4, -0.2) is 23.1 Å². The van der Waals surface area contributed by atoms with E-state index in [0.29, 0.717) is 18.9 Å². The summed E-state index contributed by atoms with van der Waals surface area (Å²) in [5, 5.41) is 6.31. The lowest BCUT2D eigenvalue weighted by molar-refractivity contribution is 0.597. The van der Waals surface area contributed by atoms with Crippen LogP contribution in [0.15, 0.2) is 36.7 Å². The Hall–Kier alpha value is -2.01. The monoisotopic (exact) mass is 274 g/mol. The number of benzene rings is 1. The molecule has 2 aromatic rings. The number of aromatic nitrogens is 2. The Morgan fingerprint density at radius 1 is 1.15 bits per heavy atom. The molecule has 0 aliphatic rings. The van der Waals surface area contributed by atoms with E-state index >= 15 is 0 Å². The van der Waals surface area contributed by atoms with Crippen LogP contribution in [0.2, 0.25) is 0 Å². The van der Waals surface area contributed by atoms with Crippen molar-refractivity contribution in [1.82, 2.24) is 15.3 Å². The SMILES string of the molecule is CCNc1ncc(CNCCc2ccccc2F)cn1. The lowest BCUT2D eigenvalue weighted by Gasteiger charge is -2.06. The summed E-state index contributed by atoms with van der Waals surface area (Å²) in [7, 11) is 0. The molecule has 0 aliphatic heterocycles. The first-order valence-corrected chi connectivity index (χ1v) is 6.78. The Morgan fingerprint density at radius 3 is 2.60 bits per heavy atom. The van der Waals surface area contributed by atoms with Gasteiger partial charge in [-0.15, -0.1) is 0 Å². The summed E-state index contributed by atoms with van der Waals surface area (Å²) < 4.78 is 13.4. The van der Waals surface area contributed by atoms with Gasteiger partial charge in [0.05, 0.1) is 0 Å². The van der Waals surface area contributed by atoms with Gasteiger partial charge in [-0.05, 0) is 31.5 Å². The highest BCUT2D eigenvalue weighted by molar-refractivity contribution is 5.24. The number of halogens is 1. The van der Waals surface area contributed by atoms with Crippen molar-refractivity contribution in [1.29, 1.82) is 0 Å². The highest BCUT2D eigenvalue weighted by atomic mass is 19.1. The minimum absolute atomic E-state index is 0.146. The smallest absolute Gasteiger partial charge is 0.222 e. The van der Waals surface area contributed by atoms with E-state index in [1.807, 2.05) is 19.1 Å². The van der Waals surface area contributed by atoms with E-state index in [-0.39, 0.29) is 5.82 Å². The van der Waals surface area contributed by atoms with Crippen LogP contribution in [0.25, 0.3) is 0 Å². The quantitative estimate of drug-likeness (QED) is 0.761. The molecule has 1 aromatic heterocycles. The van der Waals surface area contributed by atoms with Crippen LogP contribution in [0.4, 0.5) is 10.3 Å². The molecule has 1 aromatic carbocycles. The van der Waals surface area contributed by atoms with Crippen molar-refractivity contribution in [3.05, 3.63) is 53.6 Å². The van der Waals surface area contributed by atoms with E-state index in [9.17, 15) is 4.39 Å². The van der Waals surface area contributed by atoms with Crippen LogP contribution >= 0.6 is 0 Å². The topological polar surface area (TPSA) is 49.8 Å². The van der Waals surface area contributed by atoms with Crippen LogP contribution in [0.3, 0.4) is 0 Å². The molecule has 0 saturated heterocycles. The van der Waals surface area contributed by atoms with Gasteiger partial charge < -0.3 is 10.6 Å². The Morgan fingerprint density at radius 2 is 1.90 bits per heavy atom. The summed E-state index contributed by atoms with van der Waals surface area (Å²) in [5.74, 6) is 0.496. The number of nitrogens with one attached hydrogen (secondary N) is 2. The molecule has 5 heteroatoms. The van der Waals surface area contributed by atoms with E-state index in [2.05, 4.69) is 20.6 Å². The van der Waals surface area contributed by atoms with Gasteiger partial charge >= 0.3 is 0 Å². The molecule has 20 heavy (non-hydrogen) atoms. The maximum atomic E-state index is 13.4. The molecule has 0 atom stereocenters. The maximum absolute atomic E-state index is 13.4. The van der Waals surface area contributed by atoms with Crippen LogP contribution in [-0.2, 0) is 13.0 Å². The predicted octanol–water partition coefficient (Wildman–Crippen LogP) is 2.38. The largest absolute Gasteiger partial charge is 0.355 e. The third-order valence-electron chi connectivity index (χ3n) is 2.90. The Kier molecular flexibility index (Phi) is 5.43. The zero-order chi connectivity index (χ0) is 14.2. The maximum Gasteiger partial charge on any atom is 0.222 e. The van der Waals surface area contributed by atoms with E-state index in [0.717, 1.165) is 24.2 Å². The van der Waals surface area contributed by atoms with Crippen LogP contribution in [0, 0.1) is 5.82 Å². The van der Waals surface area contributed by atoms with Crippen LogP contribution < -0.4 is 10.6 Å². The first kappa shape index (κ1) is 14.4. The molecule has 106 valence electrons. The van der Waals surface area contributed by atoms with Gasteiger partial charge in [0.1, 0.15) is 5.82 Å². The molecular formula is C15H19FN4. The molecule has 0 unspecified atom stereocenters. The van der Waals surface area contributed by atoms with Gasteiger partial charge in [0.25, 0.3) is 0 Å². The average molecular weight is 274 g/mol. The summed E-state index contributed by atoms with van der Waals surface area (Å²) in [6, 6.07) is 6.86.